The highest BCUT2D eigenvalue weighted by Crippen LogP contribution is 2.35. The van der Waals surface area contributed by atoms with Crippen LogP contribution in [0.25, 0.3) is 0 Å². The number of rotatable bonds is 4. The van der Waals surface area contributed by atoms with E-state index in [4.69, 9.17) is 0 Å². The van der Waals surface area contributed by atoms with E-state index in [9.17, 15) is 0 Å². The average Bonchev–Trinajstić information content (AvgIpc) is 2.26. The molecule has 2 unspecified atom stereocenters. The van der Waals surface area contributed by atoms with Gasteiger partial charge in [0.05, 0.1) is 0 Å². The number of nitrogens with zero attached hydrogens (tertiary/aromatic N) is 1. The van der Waals surface area contributed by atoms with Gasteiger partial charge in [-0.2, -0.15) is 0 Å². The molecule has 1 aliphatic heterocycles. The van der Waals surface area contributed by atoms with E-state index in [1.165, 1.54) is 45.3 Å². The van der Waals surface area contributed by atoms with Crippen LogP contribution < -0.4 is 5.32 Å². The molecule has 2 heteroatoms. The van der Waals surface area contributed by atoms with Crippen LogP contribution in [0.15, 0.2) is 0 Å². The van der Waals surface area contributed by atoms with E-state index in [1.54, 1.807) is 0 Å². The predicted molar refractivity (Wildman–Crippen MR) is 83.4 cm³/mol. The summed E-state index contributed by atoms with van der Waals surface area (Å²) < 4.78 is 0. The van der Waals surface area contributed by atoms with Crippen LogP contribution in [0.3, 0.4) is 0 Å². The summed E-state index contributed by atoms with van der Waals surface area (Å²) in [5.74, 6) is 1.80. The third-order valence-electron chi connectivity index (χ3n) is 5.09. The zero-order valence-electron chi connectivity index (χ0n) is 13.7. The minimum Gasteiger partial charge on any atom is -0.313 e. The maximum absolute atomic E-state index is 3.91. The molecule has 2 atom stereocenters. The topological polar surface area (TPSA) is 15.3 Å². The van der Waals surface area contributed by atoms with Crippen molar-refractivity contribution in [3.05, 3.63) is 0 Å². The fourth-order valence-corrected chi connectivity index (χ4v) is 3.84. The Kier molecular flexibility index (Phi) is 4.94. The molecule has 0 amide bonds. The Morgan fingerprint density at radius 3 is 2.16 bits per heavy atom. The lowest BCUT2D eigenvalue weighted by molar-refractivity contribution is 0.0288. The van der Waals surface area contributed by atoms with Gasteiger partial charge in [-0.15, -0.1) is 0 Å². The van der Waals surface area contributed by atoms with Gasteiger partial charge in [-0.25, -0.2) is 0 Å². The van der Waals surface area contributed by atoms with E-state index < -0.39 is 0 Å². The predicted octanol–water partition coefficient (Wildman–Crippen LogP) is 3.52. The lowest BCUT2D eigenvalue weighted by Crippen LogP contribution is -2.58. The molecule has 2 bridgehead atoms. The SMILES string of the molecule is CC(C)N1CC2CCCC(C1)C2NCCC(C)(C)C. The van der Waals surface area contributed by atoms with Crippen molar-refractivity contribution in [2.24, 2.45) is 17.3 Å². The summed E-state index contributed by atoms with van der Waals surface area (Å²) in [7, 11) is 0. The second kappa shape index (κ2) is 6.13. The van der Waals surface area contributed by atoms with Gasteiger partial charge in [0.2, 0.25) is 0 Å². The quantitative estimate of drug-likeness (QED) is 0.837. The third-order valence-corrected chi connectivity index (χ3v) is 5.09. The number of piperidine rings is 1. The van der Waals surface area contributed by atoms with Crippen molar-refractivity contribution in [3.63, 3.8) is 0 Å². The van der Waals surface area contributed by atoms with Gasteiger partial charge in [0, 0.05) is 25.2 Å². The monoisotopic (exact) mass is 266 g/mol. The Morgan fingerprint density at radius 2 is 1.68 bits per heavy atom. The Morgan fingerprint density at radius 1 is 1.11 bits per heavy atom. The number of likely N-dealkylation sites (tertiary alicyclic amines) is 1. The van der Waals surface area contributed by atoms with Crippen LogP contribution in [0.5, 0.6) is 0 Å². The van der Waals surface area contributed by atoms with Gasteiger partial charge in [0.15, 0.2) is 0 Å². The first kappa shape index (κ1) is 15.3. The van der Waals surface area contributed by atoms with E-state index in [0.29, 0.717) is 5.41 Å². The van der Waals surface area contributed by atoms with Gasteiger partial charge in [-0.1, -0.05) is 27.2 Å². The molecule has 0 aromatic rings. The molecular weight excluding hydrogens is 232 g/mol. The molecule has 1 saturated heterocycles. The van der Waals surface area contributed by atoms with Crippen molar-refractivity contribution in [2.45, 2.75) is 72.4 Å². The standard InChI is InChI=1S/C17H34N2/c1-13(2)19-11-14-7-6-8-15(12-19)16(14)18-10-9-17(3,4)5/h13-16,18H,6-12H2,1-5H3. The summed E-state index contributed by atoms with van der Waals surface area (Å²) in [6.07, 6.45) is 5.62. The van der Waals surface area contributed by atoms with E-state index in [2.05, 4.69) is 44.8 Å². The molecule has 0 spiro atoms. The van der Waals surface area contributed by atoms with Crippen molar-refractivity contribution >= 4 is 0 Å². The Labute approximate surface area is 120 Å². The van der Waals surface area contributed by atoms with E-state index >= 15 is 0 Å². The van der Waals surface area contributed by atoms with Gasteiger partial charge in [-0.05, 0) is 56.9 Å². The van der Waals surface area contributed by atoms with E-state index in [-0.39, 0.29) is 0 Å². The fourth-order valence-electron chi connectivity index (χ4n) is 3.84. The highest BCUT2D eigenvalue weighted by atomic mass is 15.2. The Balaban J connectivity index is 1.87. The summed E-state index contributed by atoms with van der Waals surface area (Å²) in [4.78, 5) is 2.70. The van der Waals surface area contributed by atoms with Crippen LogP contribution in [0, 0.1) is 17.3 Å². The minimum absolute atomic E-state index is 0.459. The highest BCUT2D eigenvalue weighted by Gasteiger charge is 2.39. The van der Waals surface area contributed by atoms with Crippen LogP contribution in [-0.4, -0.2) is 36.6 Å². The highest BCUT2D eigenvalue weighted by molar-refractivity contribution is 4.95. The first-order valence-corrected chi connectivity index (χ1v) is 8.34. The van der Waals surface area contributed by atoms with Gasteiger partial charge in [0.1, 0.15) is 0 Å². The first-order chi connectivity index (χ1) is 8.87. The fraction of sp³-hybridized carbons (Fsp3) is 1.00. The molecule has 1 saturated carbocycles. The summed E-state index contributed by atoms with van der Waals surface area (Å²) in [5, 5.41) is 3.91. The summed E-state index contributed by atoms with van der Waals surface area (Å²) >= 11 is 0. The molecule has 1 heterocycles. The number of hydrogen-bond donors (Lipinski definition) is 1. The minimum atomic E-state index is 0.459. The lowest BCUT2D eigenvalue weighted by Gasteiger charge is -2.49. The van der Waals surface area contributed by atoms with Crippen LogP contribution in [-0.2, 0) is 0 Å². The molecule has 0 aromatic carbocycles. The summed E-state index contributed by atoms with van der Waals surface area (Å²) in [6, 6.07) is 1.52. The van der Waals surface area contributed by atoms with Crippen molar-refractivity contribution in [1.29, 1.82) is 0 Å². The number of nitrogens with one attached hydrogen (secondary N) is 1. The van der Waals surface area contributed by atoms with Crippen molar-refractivity contribution in [1.82, 2.24) is 10.2 Å². The van der Waals surface area contributed by atoms with Gasteiger partial charge in [-0.3, -0.25) is 0 Å². The normalized spacial score (nSPS) is 32.8. The molecule has 1 aliphatic carbocycles. The number of hydrogen-bond acceptors (Lipinski definition) is 2. The largest absolute Gasteiger partial charge is 0.313 e. The van der Waals surface area contributed by atoms with Crippen molar-refractivity contribution < 1.29 is 0 Å². The third kappa shape index (κ3) is 4.19. The molecule has 2 nitrogen and oxygen atoms in total. The molecule has 0 radical (unpaired) electrons. The van der Waals surface area contributed by atoms with Gasteiger partial charge >= 0.3 is 0 Å². The zero-order valence-corrected chi connectivity index (χ0v) is 13.7. The van der Waals surface area contributed by atoms with Crippen LogP contribution in [0.2, 0.25) is 0 Å². The molecule has 2 rings (SSSR count). The molecule has 2 fully saturated rings. The second-order valence-electron chi connectivity index (χ2n) is 8.29. The Bertz CT molecular complexity index is 265. The van der Waals surface area contributed by atoms with Crippen molar-refractivity contribution in [3.8, 4) is 0 Å². The van der Waals surface area contributed by atoms with Crippen LogP contribution in [0.4, 0.5) is 0 Å². The van der Waals surface area contributed by atoms with E-state index in [0.717, 1.165) is 23.9 Å². The lowest BCUT2D eigenvalue weighted by atomic mass is 9.73. The molecule has 1 N–H and O–H groups in total. The Hall–Kier alpha value is -0.0800. The average molecular weight is 266 g/mol. The number of fused-ring (bicyclic) bond motifs is 2. The van der Waals surface area contributed by atoms with E-state index in [1.807, 2.05) is 0 Å². The van der Waals surface area contributed by atoms with Gasteiger partial charge in [0.25, 0.3) is 0 Å². The molecule has 19 heavy (non-hydrogen) atoms. The van der Waals surface area contributed by atoms with Crippen molar-refractivity contribution in [2.75, 3.05) is 19.6 Å². The zero-order chi connectivity index (χ0) is 14.0. The van der Waals surface area contributed by atoms with Crippen LogP contribution >= 0.6 is 0 Å². The first-order valence-electron chi connectivity index (χ1n) is 8.34. The smallest absolute Gasteiger partial charge is 0.0148 e. The molecular formula is C17H34N2. The second-order valence-corrected chi connectivity index (χ2v) is 8.29. The summed E-state index contributed by atoms with van der Waals surface area (Å²) in [6.45, 7) is 15.6. The molecule has 0 aromatic heterocycles. The molecule has 2 aliphatic rings. The molecule has 112 valence electrons. The maximum Gasteiger partial charge on any atom is 0.0148 e. The van der Waals surface area contributed by atoms with Crippen LogP contribution in [0.1, 0.15) is 60.3 Å². The van der Waals surface area contributed by atoms with Gasteiger partial charge < -0.3 is 10.2 Å². The maximum atomic E-state index is 3.91. The summed E-state index contributed by atoms with van der Waals surface area (Å²) in [5.41, 5.74) is 0.459.